The van der Waals surface area contributed by atoms with Crippen molar-refractivity contribution in [2.75, 3.05) is 6.61 Å². The molecule has 0 saturated heterocycles. The van der Waals surface area contributed by atoms with Crippen molar-refractivity contribution in [1.29, 1.82) is 0 Å². The third-order valence-corrected chi connectivity index (χ3v) is 3.52. The molecule has 0 radical (unpaired) electrons. The zero-order valence-electron chi connectivity index (χ0n) is 11.0. The van der Waals surface area contributed by atoms with Gasteiger partial charge in [0.15, 0.2) is 11.6 Å². The number of ether oxygens (including phenoxy) is 1. The van der Waals surface area contributed by atoms with Gasteiger partial charge in [0.1, 0.15) is 18.9 Å². The Bertz CT molecular complexity index is 639. The fourth-order valence-electron chi connectivity index (χ4n) is 2.09. The maximum Gasteiger partial charge on any atom is 0.340 e. The molecule has 4 nitrogen and oxygen atoms in total. The Labute approximate surface area is 111 Å². The minimum absolute atomic E-state index is 0.296. The van der Waals surface area contributed by atoms with Gasteiger partial charge < -0.3 is 4.74 Å². The van der Waals surface area contributed by atoms with Gasteiger partial charge in [0.25, 0.3) is 0 Å². The van der Waals surface area contributed by atoms with Crippen LogP contribution in [-0.2, 0) is 4.74 Å². The molecule has 0 N–H and O–H groups in total. The van der Waals surface area contributed by atoms with Gasteiger partial charge in [-0.2, -0.15) is 0 Å². The van der Waals surface area contributed by atoms with Crippen LogP contribution in [0.3, 0.4) is 0 Å². The van der Waals surface area contributed by atoms with Crippen LogP contribution in [0.2, 0.25) is 0 Å². The van der Waals surface area contributed by atoms with Crippen molar-refractivity contribution in [3.05, 3.63) is 41.6 Å². The minimum Gasteiger partial charge on any atom is -0.457 e. The molecule has 1 fully saturated rings. The standard InChI is InChI=1S/C15H15N2O2/c1-9-6-12(9)8-19-15(18)13-7-11-4-3-5-16-14(11)17-10(13)2/h3-5,7,12H,6,8H2,1-2H3/q+1. The predicted molar refractivity (Wildman–Crippen MR) is 71.6 cm³/mol. The first-order valence-electron chi connectivity index (χ1n) is 6.37. The van der Waals surface area contributed by atoms with Crippen molar-refractivity contribution >= 4 is 17.0 Å². The summed E-state index contributed by atoms with van der Waals surface area (Å²) in [5, 5.41) is 0.856. The molecule has 0 aliphatic heterocycles. The van der Waals surface area contributed by atoms with Crippen molar-refractivity contribution in [2.24, 2.45) is 5.92 Å². The highest BCUT2D eigenvalue weighted by atomic mass is 16.5. The Morgan fingerprint density at radius 3 is 3.11 bits per heavy atom. The number of hydrogen-bond donors (Lipinski definition) is 0. The molecule has 19 heavy (non-hydrogen) atoms. The maximum absolute atomic E-state index is 12.1. The van der Waals surface area contributed by atoms with Crippen LogP contribution in [-0.4, -0.2) is 22.5 Å². The number of carbonyl (C=O) groups is 1. The molecule has 1 saturated carbocycles. The van der Waals surface area contributed by atoms with E-state index in [9.17, 15) is 4.79 Å². The van der Waals surface area contributed by atoms with E-state index in [4.69, 9.17) is 4.74 Å². The molecule has 2 heterocycles. The molecule has 2 aromatic heterocycles. The van der Waals surface area contributed by atoms with Crippen molar-refractivity contribution in [3.63, 3.8) is 0 Å². The molecule has 0 spiro atoms. The average Bonchev–Trinajstić information content (AvgIpc) is 3.11. The zero-order chi connectivity index (χ0) is 13.4. The lowest BCUT2D eigenvalue weighted by Gasteiger charge is -2.06. The summed E-state index contributed by atoms with van der Waals surface area (Å²) in [5.74, 6) is 1.57. The summed E-state index contributed by atoms with van der Waals surface area (Å²) in [7, 11) is 0. The molecule has 1 atom stereocenters. The van der Waals surface area contributed by atoms with Gasteiger partial charge >= 0.3 is 5.97 Å². The molecule has 3 rings (SSSR count). The summed E-state index contributed by atoms with van der Waals surface area (Å²) in [5.41, 5.74) is 1.84. The fraction of sp³-hybridized carbons (Fsp3) is 0.333. The number of rotatable bonds is 3. The molecule has 0 bridgehead atoms. The number of nitrogens with zero attached hydrogens (tertiary/aromatic N) is 2. The molecule has 4 heteroatoms. The zero-order valence-corrected chi connectivity index (χ0v) is 11.0. The Morgan fingerprint density at radius 1 is 1.58 bits per heavy atom. The first kappa shape index (κ1) is 12.0. The van der Waals surface area contributed by atoms with Crippen LogP contribution in [0.15, 0.2) is 24.4 Å². The van der Waals surface area contributed by atoms with Crippen LogP contribution in [0.1, 0.15) is 29.4 Å². The average molecular weight is 255 g/mol. The van der Waals surface area contributed by atoms with Gasteiger partial charge in [-0.25, -0.2) is 14.8 Å². The van der Waals surface area contributed by atoms with E-state index in [0.717, 1.165) is 11.8 Å². The SMILES string of the molecule is Cc1nc2ncccc2cc1C(=O)OCC1C[C+]1C. The van der Waals surface area contributed by atoms with Crippen molar-refractivity contribution < 1.29 is 9.53 Å². The van der Waals surface area contributed by atoms with E-state index >= 15 is 0 Å². The highest BCUT2D eigenvalue weighted by Gasteiger charge is 2.48. The second-order valence-corrected chi connectivity index (χ2v) is 5.02. The summed E-state index contributed by atoms with van der Waals surface area (Å²) >= 11 is 0. The van der Waals surface area contributed by atoms with Crippen LogP contribution >= 0.6 is 0 Å². The van der Waals surface area contributed by atoms with Crippen molar-refractivity contribution in [2.45, 2.75) is 20.3 Å². The highest BCUT2D eigenvalue weighted by molar-refractivity contribution is 5.94. The van der Waals surface area contributed by atoms with Gasteiger partial charge in [0, 0.05) is 11.6 Å². The lowest BCUT2D eigenvalue weighted by atomic mass is 10.1. The van der Waals surface area contributed by atoms with Gasteiger partial charge in [-0.15, -0.1) is 0 Å². The molecule has 1 aliphatic carbocycles. The molecular formula is C15H15N2O2+. The first-order valence-corrected chi connectivity index (χ1v) is 6.37. The maximum atomic E-state index is 12.1. The second-order valence-electron chi connectivity index (χ2n) is 5.02. The van der Waals surface area contributed by atoms with E-state index < -0.39 is 0 Å². The lowest BCUT2D eigenvalue weighted by molar-refractivity contribution is 0.0487. The van der Waals surface area contributed by atoms with Gasteiger partial charge in [-0.1, -0.05) is 0 Å². The lowest BCUT2D eigenvalue weighted by Crippen LogP contribution is -2.10. The predicted octanol–water partition coefficient (Wildman–Crippen LogP) is 2.71. The molecule has 2 aromatic rings. The molecule has 1 unspecified atom stereocenters. The molecule has 0 aromatic carbocycles. The van der Waals surface area contributed by atoms with Crippen LogP contribution < -0.4 is 0 Å². The number of pyridine rings is 2. The third-order valence-electron chi connectivity index (χ3n) is 3.52. The van der Waals surface area contributed by atoms with Crippen LogP contribution in [0, 0.1) is 18.8 Å². The monoisotopic (exact) mass is 255 g/mol. The van der Waals surface area contributed by atoms with Crippen molar-refractivity contribution in [3.8, 4) is 0 Å². The second kappa shape index (κ2) is 4.53. The van der Waals surface area contributed by atoms with Crippen LogP contribution in [0.5, 0.6) is 0 Å². The van der Waals surface area contributed by atoms with E-state index in [1.54, 1.807) is 19.2 Å². The fourth-order valence-corrected chi connectivity index (χ4v) is 2.09. The van der Waals surface area contributed by atoms with E-state index in [0.29, 0.717) is 29.4 Å². The minimum atomic E-state index is -0.296. The van der Waals surface area contributed by atoms with Gasteiger partial charge in [0.2, 0.25) is 0 Å². The Balaban J connectivity index is 1.82. The van der Waals surface area contributed by atoms with Crippen molar-refractivity contribution in [1.82, 2.24) is 9.97 Å². The number of esters is 1. The largest absolute Gasteiger partial charge is 0.457 e. The summed E-state index contributed by atoms with van der Waals surface area (Å²) in [4.78, 5) is 20.6. The topological polar surface area (TPSA) is 52.1 Å². The summed E-state index contributed by atoms with van der Waals surface area (Å²) in [6, 6.07) is 5.53. The number of hydrogen-bond acceptors (Lipinski definition) is 4. The van der Waals surface area contributed by atoms with Gasteiger partial charge in [0.05, 0.1) is 18.2 Å². The molecular weight excluding hydrogens is 240 g/mol. The number of fused-ring (bicyclic) bond motifs is 1. The molecule has 96 valence electrons. The van der Waals surface area contributed by atoms with E-state index in [2.05, 4.69) is 16.9 Å². The van der Waals surface area contributed by atoms with Gasteiger partial charge in [-0.3, -0.25) is 0 Å². The summed E-state index contributed by atoms with van der Waals surface area (Å²) in [6.45, 7) is 4.38. The van der Waals surface area contributed by atoms with Crippen LogP contribution in [0.25, 0.3) is 11.0 Å². The van der Waals surface area contributed by atoms with E-state index in [1.807, 2.05) is 12.1 Å². The van der Waals surface area contributed by atoms with Crippen LogP contribution in [0.4, 0.5) is 0 Å². The number of carbonyl (C=O) groups excluding carboxylic acids is 1. The van der Waals surface area contributed by atoms with E-state index in [-0.39, 0.29) is 5.97 Å². The summed E-state index contributed by atoms with van der Waals surface area (Å²) in [6.07, 6.45) is 2.77. The smallest absolute Gasteiger partial charge is 0.340 e. The Hall–Kier alpha value is -2.10. The highest BCUT2D eigenvalue weighted by Crippen LogP contribution is 2.40. The number of aryl methyl sites for hydroxylation is 1. The van der Waals surface area contributed by atoms with Gasteiger partial charge in [-0.05, 0) is 25.1 Å². The Morgan fingerprint density at radius 2 is 2.37 bits per heavy atom. The van der Waals surface area contributed by atoms with E-state index in [1.165, 1.54) is 5.92 Å². The molecule has 0 amide bonds. The third kappa shape index (κ3) is 2.38. The quantitative estimate of drug-likeness (QED) is 0.625. The normalized spacial score (nSPS) is 17.6. The summed E-state index contributed by atoms with van der Waals surface area (Å²) < 4.78 is 5.33. The number of aromatic nitrogens is 2. The Kier molecular flexibility index (Phi) is 2.85. The molecule has 1 aliphatic rings. The first-order chi connectivity index (χ1) is 9.15.